The van der Waals surface area contributed by atoms with Crippen molar-refractivity contribution in [2.24, 2.45) is 11.8 Å². The highest BCUT2D eigenvalue weighted by Gasteiger charge is 2.24. The number of hydrogen-bond donors (Lipinski definition) is 2. The molecule has 0 radical (unpaired) electrons. The van der Waals surface area contributed by atoms with E-state index in [0.29, 0.717) is 5.92 Å². The molecule has 0 heterocycles. The molecule has 4 rings (SSSR count). The molecule has 2 fully saturated rings. The third kappa shape index (κ3) is 8.48. The largest absolute Gasteiger partial charge is 0.495 e. The van der Waals surface area contributed by atoms with Gasteiger partial charge >= 0.3 is 5.97 Å². The van der Waals surface area contributed by atoms with E-state index in [1.54, 1.807) is 12.1 Å². The Morgan fingerprint density at radius 3 is 1.88 bits per heavy atom. The Bertz CT molecular complexity index is 1180. The smallest absolute Gasteiger partial charge is 0.335 e. The maximum Gasteiger partial charge on any atom is 0.335 e. The molecule has 6 nitrogen and oxygen atoms in total. The van der Waals surface area contributed by atoms with Gasteiger partial charge in [-0.05, 0) is 66.5 Å². The minimum atomic E-state index is -3.85. The van der Waals surface area contributed by atoms with Crippen molar-refractivity contribution in [2.45, 2.75) is 114 Å². The van der Waals surface area contributed by atoms with Gasteiger partial charge < -0.3 is 9.84 Å². The van der Waals surface area contributed by atoms with Crippen molar-refractivity contribution in [2.75, 3.05) is 11.8 Å². The number of methoxy groups -OCH3 is 1. The van der Waals surface area contributed by atoms with Crippen LogP contribution in [-0.4, -0.2) is 26.6 Å². The molecule has 2 aromatic carbocycles. The topological polar surface area (TPSA) is 92.7 Å². The molecule has 7 heteroatoms. The third-order valence-electron chi connectivity index (χ3n) is 9.18. The summed E-state index contributed by atoms with van der Waals surface area (Å²) in [5.41, 5.74) is 1.46. The lowest BCUT2D eigenvalue weighted by molar-refractivity contribution is 0.0696. The highest BCUT2D eigenvalue weighted by molar-refractivity contribution is 7.92. The second-order valence-corrected chi connectivity index (χ2v) is 13.6. The molecule has 0 aromatic heterocycles. The molecule has 40 heavy (non-hydrogen) atoms. The van der Waals surface area contributed by atoms with E-state index < -0.39 is 16.0 Å². The van der Waals surface area contributed by atoms with Crippen molar-refractivity contribution in [3.05, 3.63) is 53.6 Å². The van der Waals surface area contributed by atoms with E-state index >= 15 is 0 Å². The summed E-state index contributed by atoms with van der Waals surface area (Å²) >= 11 is 0. The van der Waals surface area contributed by atoms with E-state index in [-0.39, 0.29) is 21.9 Å². The predicted octanol–water partition coefficient (Wildman–Crippen LogP) is 8.78. The Balaban J connectivity index is 1.38. The lowest BCUT2D eigenvalue weighted by Crippen LogP contribution is -2.16. The highest BCUT2D eigenvalue weighted by Crippen LogP contribution is 2.38. The van der Waals surface area contributed by atoms with Gasteiger partial charge in [0.2, 0.25) is 0 Å². The summed E-state index contributed by atoms with van der Waals surface area (Å²) in [5.74, 6) is 1.31. The molecule has 0 spiro atoms. The van der Waals surface area contributed by atoms with Gasteiger partial charge in [0, 0.05) is 0 Å². The first kappa shape index (κ1) is 30.4. The third-order valence-corrected chi connectivity index (χ3v) is 10.6. The monoisotopic (exact) mass is 569 g/mol. The van der Waals surface area contributed by atoms with Gasteiger partial charge in [0.05, 0.1) is 23.3 Å². The van der Waals surface area contributed by atoms with Crippen LogP contribution >= 0.6 is 0 Å². The summed E-state index contributed by atoms with van der Waals surface area (Å²) in [6.45, 7) is 0. The van der Waals surface area contributed by atoms with Crippen LogP contribution in [0.4, 0.5) is 5.69 Å². The Kier molecular flexibility index (Phi) is 11.3. The summed E-state index contributed by atoms with van der Waals surface area (Å²) in [4.78, 5) is 11.4. The minimum absolute atomic E-state index is 0.0287. The van der Waals surface area contributed by atoms with Gasteiger partial charge in [-0.25, -0.2) is 13.2 Å². The number of rotatable bonds is 7. The van der Waals surface area contributed by atoms with Crippen LogP contribution in [0.3, 0.4) is 0 Å². The van der Waals surface area contributed by atoms with Gasteiger partial charge in [0.15, 0.2) is 0 Å². The fourth-order valence-corrected chi connectivity index (χ4v) is 7.93. The summed E-state index contributed by atoms with van der Waals surface area (Å²) < 4.78 is 34.0. The summed E-state index contributed by atoms with van der Waals surface area (Å²) in [5, 5.41) is 9.20. The number of carboxylic acids is 1. The van der Waals surface area contributed by atoms with Gasteiger partial charge in [-0.1, -0.05) is 102 Å². The molecule has 2 aliphatic carbocycles. The number of hydrogen-bond acceptors (Lipinski definition) is 4. The first-order chi connectivity index (χ1) is 19.4. The fraction of sp³-hybridized carbons (Fsp3) is 0.606. The van der Waals surface area contributed by atoms with Gasteiger partial charge in [0.25, 0.3) is 10.0 Å². The summed E-state index contributed by atoms with van der Waals surface area (Å²) in [6.07, 6.45) is 21.6. The van der Waals surface area contributed by atoms with E-state index in [2.05, 4.69) is 4.72 Å². The number of carbonyl (C=O) groups is 1. The molecule has 220 valence electrons. The molecule has 2 aliphatic rings. The number of nitrogens with one attached hydrogen (secondary N) is 1. The normalized spacial score (nSPS) is 22.3. The molecule has 0 bridgehead atoms. The Hall–Kier alpha value is -2.54. The first-order valence-corrected chi connectivity index (χ1v) is 16.9. The second kappa shape index (κ2) is 14.9. The first-order valence-electron chi connectivity index (χ1n) is 15.4. The number of ether oxygens (including phenoxy) is 1. The number of anilines is 1. The van der Waals surface area contributed by atoms with E-state index in [1.165, 1.54) is 127 Å². The number of benzene rings is 2. The molecular weight excluding hydrogens is 522 g/mol. The molecule has 2 unspecified atom stereocenters. The van der Waals surface area contributed by atoms with Crippen LogP contribution in [0.5, 0.6) is 5.75 Å². The van der Waals surface area contributed by atoms with Crippen LogP contribution < -0.4 is 9.46 Å². The lowest BCUT2D eigenvalue weighted by Gasteiger charge is -2.28. The zero-order valence-electron chi connectivity index (χ0n) is 24.1. The maximum atomic E-state index is 13.1. The SMILES string of the molecule is COc1cc(C(=O)O)ccc1NS(=O)(=O)c1ccc(C2CCCCC(C3CCCCCCCCC3)CCC2)cc1. The number of sulfonamides is 1. The van der Waals surface area contributed by atoms with E-state index in [4.69, 9.17) is 4.74 Å². The van der Waals surface area contributed by atoms with E-state index in [0.717, 1.165) is 18.3 Å². The van der Waals surface area contributed by atoms with Crippen LogP contribution in [0.15, 0.2) is 47.4 Å². The molecule has 0 saturated heterocycles. The standard InChI is InChI=1S/C33H47NO5S/c1-39-32-24-29(33(35)36)20-23-31(32)34-40(37,38)30-21-18-28(19-22-30)27-15-10-9-14-26(16-11-17-27)25-12-7-5-3-2-4-6-8-13-25/h18-27,34H,2-17H2,1H3,(H,35,36). The number of aromatic carboxylic acids is 1. The van der Waals surface area contributed by atoms with Crippen LogP contribution in [0.1, 0.15) is 125 Å². The van der Waals surface area contributed by atoms with Crippen LogP contribution in [0.2, 0.25) is 0 Å². The van der Waals surface area contributed by atoms with Crippen molar-refractivity contribution in [1.82, 2.24) is 0 Å². The Morgan fingerprint density at radius 1 is 0.750 bits per heavy atom. The van der Waals surface area contributed by atoms with Crippen molar-refractivity contribution in [1.29, 1.82) is 0 Å². The minimum Gasteiger partial charge on any atom is -0.495 e. The van der Waals surface area contributed by atoms with Crippen molar-refractivity contribution in [3.8, 4) is 5.75 Å². The summed E-state index contributed by atoms with van der Waals surface area (Å²) in [7, 11) is -2.47. The second-order valence-electron chi connectivity index (χ2n) is 11.9. The Labute approximate surface area is 241 Å². The van der Waals surface area contributed by atoms with Gasteiger partial charge in [-0.2, -0.15) is 0 Å². The van der Waals surface area contributed by atoms with E-state index in [9.17, 15) is 18.3 Å². The molecule has 2 aromatic rings. The fourth-order valence-electron chi connectivity index (χ4n) is 6.86. The highest BCUT2D eigenvalue weighted by atomic mass is 32.2. The molecular formula is C33H47NO5S. The quantitative estimate of drug-likeness (QED) is 0.348. The zero-order valence-corrected chi connectivity index (χ0v) is 24.9. The lowest BCUT2D eigenvalue weighted by atomic mass is 9.78. The summed E-state index contributed by atoms with van der Waals surface area (Å²) in [6, 6.07) is 11.4. The van der Waals surface area contributed by atoms with Gasteiger partial charge in [-0.3, -0.25) is 4.72 Å². The van der Waals surface area contributed by atoms with Crippen molar-refractivity contribution < 1.29 is 23.1 Å². The van der Waals surface area contributed by atoms with Crippen molar-refractivity contribution >= 4 is 21.7 Å². The van der Waals surface area contributed by atoms with Crippen molar-refractivity contribution in [3.63, 3.8) is 0 Å². The Morgan fingerprint density at radius 2 is 1.27 bits per heavy atom. The maximum absolute atomic E-state index is 13.1. The van der Waals surface area contributed by atoms with Crippen LogP contribution in [-0.2, 0) is 10.0 Å². The van der Waals surface area contributed by atoms with Gasteiger partial charge in [-0.15, -0.1) is 0 Å². The molecule has 2 atom stereocenters. The van der Waals surface area contributed by atoms with Gasteiger partial charge in [0.1, 0.15) is 5.75 Å². The van der Waals surface area contributed by atoms with Crippen LogP contribution in [0.25, 0.3) is 0 Å². The number of carboxylic acid groups (broad SMARTS) is 1. The van der Waals surface area contributed by atoms with E-state index in [1.807, 2.05) is 12.1 Å². The van der Waals surface area contributed by atoms with Crippen LogP contribution in [0, 0.1) is 11.8 Å². The average Bonchev–Trinajstić information content (AvgIpc) is 3.08. The molecule has 0 amide bonds. The molecule has 0 aliphatic heterocycles. The molecule has 2 N–H and O–H groups in total. The average molecular weight is 570 g/mol. The predicted molar refractivity (Wildman–Crippen MR) is 161 cm³/mol. The zero-order chi connectivity index (χ0) is 28.4. The molecule has 2 saturated carbocycles.